The molecule has 1 unspecified atom stereocenters. The first-order chi connectivity index (χ1) is 10.0. The Morgan fingerprint density at radius 3 is 3.05 bits per heavy atom. The van der Waals surface area contributed by atoms with E-state index in [1.165, 1.54) is 6.20 Å². The molecule has 0 amide bonds. The van der Waals surface area contributed by atoms with Crippen molar-refractivity contribution in [3.05, 3.63) is 12.4 Å². The van der Waals surface area contributed by atoms with E-state index in [-0.39, 0.29) is 0 Å². The summed E-state index contributed by atoms with van der Waals surface area (Å²) in [6, 6.07) is 0. The summed E-state index contributed by atoms with van der Waals surface area (Å²) in [5, 5.41) is 7.76. The Kier molecular flexibility index (Phi) is 6.09. The van der Waals surface area contributed by atoms with Gasteiger partial charge in [0.2, 0.25) is 10.0 Å². The number of nitrogens with zero attached hydrogens (tertiary/aromatic N) is 3. The summed E-state index contributed by atoms with van der Waals surface area (Å²) in [6.45, 7) is 7.90. The van der Waals surface area contributed by atoms with Crippen LogP contribution < -0.4 is 5.32 Å². The number of nitrogens with one attached hydrogen (secondary N) is 1. The van der Waals surface area contributed by atoms with Crippen molar-refractivity contribution in [1.29, 1.82) is 0 Å². The highest BCUT2D eigenvalue weighted by atomic mass is 32.2. The zero-order chi connectivity index (χ0) is 15.3. The normalized spacial score (nSPS) is 20.8. The van der Waals surface area contributed by atoms with Gasteiger partial charge in [0, 0.05) is 36.8 Å². The molecule has 1 aromatic rings. The molecule has 1 atom stereocenters. The van der Waals surface area contributed by atoms with E-state index in [0.717, 1.165) is 31.8 Å². The number of thioether (sulfide) groups is 1. The molecule has 6 nitrogen and oxygen atoms in total. The smallest absolute Gasteiger partial charge is 0.246 e. The van der Waals surface area contributed by atoms with Crippen molar-refractivity contribution < 1.29 is 8.42 Å². The van der Waals surface area contributed by atoms with E-state index in [0.29, 0.717) is 23.2 Å². The van der Waals surface area contributed by atoms with Crippen molar-refractivity contribution in [2.45, 2.75) is 37.0 Å². The van der Waals surface area contributed by atoms with Crippen molar-refractivity contribution in [1.82, 2.24) is 19.4 Å². The van der Waals surface area contributed by atoms with Gasteiger partial charge in [-0.2, -0.15) is 21.2 Å². The fourth-order valence-corrected chi connectivity index (χ4v) is 5.01. The van der Waals surface area contributed by atoms with Crippen molar-refractivity contribution in [3.63, 3.8) is 0 Å². The Morgan fingerprint density at radius 2 is 2.33 bits per heavy atom. The minimum absolute atomic E-state index is 0.310. The molecule has 2 heterocycles. The molecule has 120 valence electrons. The average Bonchev–Trinajstić information content (AvgIpc) is 2.93. The molecule has 1 fully saturated rings. The summed E-state index contributed by atoms with van der Waals surface area (Å²) in [7, 11) is -3.39. The van der Waals surface area contributed by atoms with Crippen LogP contribution in [-0.2, 0) is 16.6 Å². The molecule has 1 N–H and O–H groups in total. The lowest BCUT2D eigenvalue weighted by atomic mass is 10.4. The lowest BCUT2D eigenvalue weighted by Gasteiger charge is -2.29. The van der Waals surface area contributed by atoms with Crippen LogP contribution in [0, 0.1) is 0 Å². The number of hydrogen-bond donors (Lipinski definition) is 1. The number of aromatic nitrogens is 2. The van der Waals surface area contributed by atoms with E-state index in [2.05, 4.69) is 24.3 Å². The second-order valence-electron chi connectivity index (χ2n) is 5.19. The van der Waals surface area contributed by atoms with E-state index >= 15 is 0 Å². The van der Waals surface area contributed by atoms with Crippen LogP contribution >= 0.6 is 11.8 Å². The standard InChI is InChI=1S/C13H24N4O2S2/c1-3-14-5-4-6-16-11-13(9-15-16)21(18,19)17-7-8-20-12(2)10-17/h9,11-12,14H,3-8,10H2,1-2H3. The topological polar surface area (TPSA) is 67.2 Å². The van der Waals surface area contributed by atoms with Gasteiger partial charge in [-0.3, -0.25) is 4.68 Å². The van der Waals surface area contributed by atoms with Crippen LogP contribution in [0.2, 0.25) is 0 Å². The largest absolute Gasteiger partial charge is 0.317 e. The van der Waals surface area contributed by atoms with Crippen LogP contribution in [-0.4, -0.2) is 59.7 Å². The molecular formula is C13H24N4O2S2. The first kappa shape index (κ1) is 16.8. The van der Waals surface area contributed by atoms with Crippen LogP contribution in [0.5, 0.6) is 0 Å². The van der Waals surface area contributed by atoms with Crippen LogP contribution in [0.4, 0.5) is 0 Å². The Morgan fingerprint density at radius 1 is 1.52 bits per heavy atom. The molecule has 1 aliphatic rings. The predicted molar refractivity (Wildman–Crippen MR) is 86.1 cm³/mol. The third-order valence-electron chi connectivity index (χ3n) is 3.44. The predicted octanol–water partition coefficient (Wildman–Crippen LogP) is 1.01. The van der Waals surface area contributed by atoms with E-state index in [4.69, 9.17) is 0 Å². The van der Waals surface area contributed by atoms with Crippen LogP contribution in [0.25, 0.3) is 0 Å². The highest BCUT2D eigenvalue weighted by molar-refractivity contribution is 8.00. The number of rotatable bonds is 7. The highest BCUT2D eigenvalue weighted by Crippen LogP contribution is 2.23. The highest BCUT2D eigenvalue weighted by Gasteiger charge is 2.29. The van der Waals surface area contributed by atoms with E-state index in [9.17, 15) is 8.42 Å². The molecule has 0 saturated carbocycles. The summed E-state index contributed by atoms with van der Waals surface area (Å²) in [6.07, 6.45) is 4.05. The maximum absolute atomic E-state index is 12.6. The summed E-state index contributed by atoms with van der Waals surface area (Å²) in [4.78, 5) is 0.310. The van der Waals surface area contributed by atoms with Crippen LogP contribution in [0.1, 0.15) is 20.3 Å². The van der Waals surface area contributed by atoms with Gasteiger partial charge in [0.05, 0.1) is 6.20 Å². The van der Waals surface area contributed by atoms with Gasteiger partial charge in [0.25, 0.3) is 0 Å². The maximum Gasteiger partial charge on any atom is 0.246 e. The molecule has 1 aromatic heterocycles. The second kappa shape index (κ2) is 7.62. The average molecular weight is 332 g/mol. The molecule has 2 rings (SSSR count). The molecule has 8 heteroatoms. The molecule has 0 aromatic carbocycles. The van der Waals surface area contributed by atoms with Gasteiger partial charge >= 0.3 is 0 Å². The van der Waals surface area contributed by atoms with Crippen molar-refractivity contribution in [3.8, 4) is 0 Å². The van der Waals surface area contributed by atoms with Gasteiger partial charge < -0.3 is 5.32 Å². The minimum Gasteiger partial charge on any atom is -0.317 e. The maximum atomic E-state index is 12.6. The van der Waals surface area contributed by atoms with Gasteiger partial charge in [-0.1, -0.05) is 13.8 Å². The van der Waals surface area contributed by atoms with Gasteiger partial charge in [-0.05, 0) is 19.5 Å². The third kappa shape index (κ3) is 4.45. The zero-order valence-corrected chi connectivity index (χ0v) is 14.3. The van der Waals surface area contributed by atoms with Gasteiger partial charge in [-0.25, -0.2) is 8.42 Å². The lowest BCUT2D eigenvalue weighted by Crippen LogP contribution is -2.40. The number of hydrogen-bond acceptors (Lipinski definition) is 5. The Balaban J connectivity index is 1.98. The van der Waals surface area contributed by atoms with Crippen molar-refractivity contribution in [2.75, 3.05) is 31.9 Å². The monoisotopic (exact) mass is 332 g/mol. The Bertz CT molecular complexity index is 544. The molecule has 0 bridgehead atoms. The van der Waals surface area contributed by atoms with Crippen molar-refractivity contribution >= 4 is 21.8 Å². The van der Waals surface area contributed by atoms with E-state index in [1.54, 1.807) is 15.2 Å². The van der Waals surface area contributed by atoms with Gasteiger partial charge in [0.1, 0.15) is 4.90 Å². The fraction of sp³-hybridized carbons (Fsp3) is 0.769. The first-order valence-electron chi connectivity index (χ1n) is 7.39. The fourth-order valence-electron chi connectivity index (χ4n) is 2.30. The SMILES string of the molecule is CCNCCCn1cc(S(=O)(=O)N2CCSC(C)C2)cn1. The summed E-state index contributed by atoms with van der Waals surface area (Å²) in [5.74, 6) is 0.858. The van der Waals surface area contributed by atoms with Crippen molar-refractivity contribution in [2.24, 2.45) is 0 Å². The van der Waals surface area contributed by atoms with Crippen LogP contribution in [0.15, 0.2) is 17.3 Å². The summed E-state index contributed by atoms with van der Waals surface area (Å²) < 4.78 is 28.4. The van der Waals surface area contributed by atoms with E-state index < -0.39 is 10.0 Å². The zero-order valence-electron chi connectivity index (χ0n) is 12.7. The quantitative estimate of drug-likeness (QED) is 0.755. The van der Waals surface area contributed by atoms with Crippen LogP contribution in [0.3, 0.4) is 0 Å². The third-order valence-corrected chi connectivity index (χ3v) is 6.40. The number of sulfonamides is 1. The molecule has 0 radical (unpaired) electrons. The Labute approximate surface area is 131 Å². The lowest BCUT2D eigenvalue weighted by molar-refractivity contribution is 0.424. The second-order valence-corrected chi connectivity index (χ2v) is 8.67. The first-order valence-corrected chi connectivity index (χ1v) is 9.88. The van der Waals surface area contributed by atoms with E-state index in [1.807, 2.05) is 11.8 Å². The van der Waals surface area contributed by atoms with Gasteiger partial charge in [-0.15, -0.1) is 0 Å². The molecule has 1 aliphatic heterocycles. The molecular weight excluding hydrogens is 308 g/mol. The summed E-state index contributed by atoms with van der Waals surface area (Å²) >= 11 is 1.82. The molecule has 0 aliphatic carbocycles. The minimum atomic E-state index is -3.39. The molecule has 21 heavy (non-hydrogen) atoms. The number of aryl methyl sites for hydroxylation is 1. The Hall–Kier alpha value is -0.570. The molecule has 0 spiro atoms. The summed E-state index contributed by atoms with van der Waals surface area (Å²) in [5.41, 5.74) is 0. The van der Waals surface area contributed by atoms with Gasteiger partial charge in [0.15, 0.2) is 0 Å². The molecule has 1 saturated heterocycles.